The highest BCUT2D eigenvalue weighted by Crippen LogP contribution is 2.29. The smallest absolute Gasteiger partial charge is 0.0635 e. The van der Waals surface area contributed by atoms with Crippen molar-refractivity contribution in [1.82, 2.24) is 9.78 Å². The minimum Gasteiger partial charge on any atom is -0.266 e. The summed E-state index contributed by atoms with van der Waals surface area (Å²) in [5.41, 5.74) is 1.39. The van der Waals surface area contributed by atoms with E-state index in [0.29, 0.717) is 6.04 Å². The number of rotatable bonds is 4. The van der Waals surface area contributed by atoms with Gasteiger partial charge in [0.15, 0.2) is 0 Å². The van der Waals surface area contributed by atoms with Gasteiger partial charge in [-0.15, -0.1) is 11.6 Å². The van der Waals surface area contributed by atoms with E-state index in [2.05, 4.69) is 60.3 Å². The number of halogens is 2. The van der Waals surface area contributed by atoms with E-state index in [0.717, 1.165) is 17.3 Å². The van der Waals surface area contributed by atoms with E-state index in [1.807, 2.05) is 6.20 Å². The molecule has 17 heavy (non-hydrogen) atoms. The molecule has 1 aromatic heterocycles. The maximum Gasteiger partial charge on any atom is 0.0635 e. The first-order chi connectivity index (χ1) is 7.73. The normalized spacial score (nSPS) is 14.4. The first kappa shape index (κ1) is 15.0. The van der Waals surface area contributed by atoms with Gasteiger partial charge in [-0.2, -0.15) is 5.10 Å². The van der Waals surface area contributed by atoms with Gasteiger partial charge in [0.2, 0.25) is 0 Å². The average Bonchev–Trinajstić information content (AvgIpc) is 2.54. The second-order valence-electron chi connectivity index (χ2n) is 5.85. The maximum absolute atomic E-state index is 6.41. The molecule has 0 aromatic carbocycles. The Balaban J connectivity index is 2.72. The third-order valence-corrected chi connectivity index (χ3v) is 4.45. The Bertz CT molecular complexity index is 366. The van der Waals surface area contributed by atoms with Crippen LogP contribution in [0.15, 0.2) is 10.7 Å². The van der Waals surface area contributed by atoms with Crippen LogP contribution >= 0.6 is 27.5 Å². The van der Waals surface area contributed by atoms with Crippen molar-refractivity contribution in [1.29, 1.82) is 0 Å². The van der Waals surface area contributed by atoms with Gasteiger partial charge in [-0.3, -0.25) is 4.68 Å². The molecule has 1 atom stereocenters. The molecule has 0 bridgehead atoms. The Morgan fingerprint density at radius 2 is 2.00 bits per heavy atom. The number of nitrogens with zero attached hydrogens (tertiary/aromatic N) is 2. The zero-order valence-electron chi connectivity index (χ0n) is 11.3. The lowest BCUT2D eigenvalue weighted by Gasteiger charge is -2.25. The summed E-state index contributed by atoms with van der Waals surface area (Å²) >= 11 is 9.97. The average molecular weight is 322 g/mol. The van der Waals surface area contributed by atoms with Crippen LogP contribution in [0.25, 0.3) is 0 Å². The van der Waals surface area contributed by atoms with Gasteiger partial charge in [0, 0.05) is 11.4 Å². The molecule has 0 radical (unpaired) electrons. The van der Waals surface area contributed by atoms with Gasteiger partial charge in [-0.1, -0.05) is 20.8 Å². The number of alkyl halides is 1. The van der Waals surface area contributed by atoms with Crippen molar-refractivity contribution in [3.05, 3.63) is 16.4 Å². The minimum atomic E-state index is 0.150. The molecule has 1 unspecified atom stereocenters. The molecule has 1 rings (SSSR count). The maximum atomic E-state index is 6.41. The summed E-state index contributed by atoms with van der Waals surface area (Å²) in [4.78, 5) is 0. The Hall–Kier alpha value is -0.0200. The largest absolute Gasteiger partial charge is 0.266 e. The predicted octanol–water partition coefficient (Wildman–Crippen LogP) is 4.81. The van der Waals surface area contributed by atoms with Crippen molar-refractivity contribution in [2.24, 2.45) is 5.41 Å². The van der Waals surface area contributed by atoms with Gasteiger partial charge in [-0.05, 0) is 48.0 Å². The third kappa shape index (κ3) is 3.99. The van der Waals surface area contributed by atoms with Gasteiger partial charge in [0.25, 0.3) is 0 Å². The van der Waals surface area contributed by atoms with E-state index < -0.39 is 0 Å². The van der Waals surface area contributed by atoms with Gasteiger partial charge < -0.3 is 0 Å². The molecule has 0 aliphatic heterocycles. The van der Waals surface area contributed by atoms with Crippen LogP contribution in [-0.2, 0) is 6.42 Å². The van der Waals surface area contributed by atoms with Crippen molar-refractivity contribution >= 4 is 27.5 Å². The molecule has 0 saturated carbocycles. The van der Waals surface area contributed by atoms with E-state index >= 15 is 0 Å². The van der Waals surface area contributed by atoms with Crippen molar-refractivity contribution in [3.63, 3.8) is 0 Å². The van der Waals surface area contributed by atoms with Crippen LogP contribution in [0.4, 0.5) is 0 Å². The molecular formula is C13H22BrClN2. The highest BCUT2D eigenvalue weighted by molar-refractivity contribution is 9.10. The molecule has 0 N–H and O–H groups in total. The van der Waals surface area contributed by atoms with Crippen LogP contribution in [0.1, 0.15) is 52.8 Å². The van der Waals surface area contributed by atoms with Gasteiger partial charge in [-0.25, -0.2) is 0 Å². The molecule has 0 saturated heterocycles. The molecule has 0 fully saturated rings. The van der Waals surface area contributed by atoms with Crippen LogP contribution in [0.5, 0.6) is 0 Å². The van der Waals surface area contributed by atoms with Crippen LogP contribution in [-0.4, -0.2) is 15.2 Å². The fourth-order valence-electron chi connectivity index (χ4n) is 1.74. The molecule has 98 valence electrons. The Morgan fingerprint density at radius 1 is 1.41 bits per heavy atom. The van der Waals surface area contributed by atoms with Crippen molar-refractivity contribution in [3.8, 4) is 0 Å². The first-order valence-electron chi connectivity index (χ1n) is 6.09. The van der Waals surface area contributed by atoms with E-state index in [-0.39, 0.29) is 10.8 Å². The summed E-state index contributed by atoms with van der Waals surface area (Å²) in [5, 5.41) is 4.57. The minimum absolute atomic E-state index is 0.150. The Kier molecular flexibility index (Phi) is 5.08. The molecule has 1 heterocycles. The SMILES string of the molecule is CC(C)n1ncc(Br)c1CCC(Cl)C(C)(C)C. The summed E-state index contributed by atoms with van der Waals surface area (Å²) in [7, 11) is 0. The van der Waals surface area contributed by atoms with E-state index in [4.69, 9.17) is 11.6 Å². The fourth-order valence-corrected chi connectivity index (χ4v) is 2.32. The van der Waals surface area contributed by atoms with Gasteiger partial charge >= 0.3 is 0 Å². The van der Waals surface area contributed by atoms with E-state index in [1.54, 1.807) is 0 Å². The zero-order chi connectivity index (χ0) is 13.2. The monoisotopic (exact) mass is 320 g/mol. The number of hydrogen-bond acceptors (Lipinski definition) is 1. The summed E-state index contributed by atoms with van der Waals surface area (Å²) in [6.07, 6.45) is 3.81. The van der Waals surface area contributed by atoms with Crippen molar-refractivity contribution in [2.45, 2.75) is 58.9 Å². The van der Waals surface area contributed by atoms with Crippen LogP contribution < -0.4 is 0 Å². The Labute approximate surface area is 118 Å². The molecular weight excluding hydrogens is 300 g/mol. The van der Waals surface area contributed by atoms with Gasteiger partial charge in [0.1, 0.15) is 0 Å². The topological polar surface area (TPSA) is 17.8 Å². The molecule has 0 aliphatic carbocycles. The second kappa shape index (κ2) is 5.75. The van der Waals surface area contributed by atoms with Crippen LogP contribution in [0.2, 0.25) is 0 Å². The lowest BCUT2D eigenvalue weighted by Crippen LogP contribution is -2.22. The number of hydrogen-bond donors (Lipinski definition) is 0. The van der Waals surface area contributed by atoms with E-state index in [1.165, 1.54) is 5.69 Å². The van der Waals surface area contributed by atoms with Gasteiger partial charge in [0.05, 0.1) is 16.4 Å². The van der Waals surface area contributed by atoms with Crippen LogP contribution in [0, 0.1) is 5.41 Å². The lowest BCUT2D eigenvalue weighted by atomic mass is 9.89. The summed E-state index contributed by atoms with van der Waals surface area (Å²) < 4.78 is 3.15. The highest BCUT2D eigenvalue weighted by atomic mass is 79.9. The summed E-state index contributed by atoms with van der Waals surface area (Å²) in [6, 6.07) is 0.389. The third-order valence-electron chi connectivity index (χ3n) is 2.91. The Morgan fingerprint density at radius 3 is 2.47 bits per heavy atom. The number of aromatic nitrogens is 2. The van der Waals surface area contributed by atoms with E-state index in [9.17, 15) is 0 Å². The molecule has 2 nitrogen and oxygen atoms in total. The quantitative estimate of drug-likeness (QED) is 0.727. The van der Waals surface area contributed by atoms with Crippen LogP contribution in [0.3, 0.4) is 0 Å². The first-order valence-corrected chi connectivity index (χ1v) is 7.32. The highest BCUT2D eigenvalue weighted by Gasteiger charge is 2.23. The summed E-state index contributed by atoms with van der Waals surface area (Å²) in [5.74, 6) is 0. The zero-order valence-corrected chi connectivity index (χ0v) is 13.6. The van der Waals surface area contributed by atoms with Crippen molar-refractivity contribution in [2.75, 3.05) is 0 Å². The molecule has 4 heteroatoms. The molecule has 0 amide bonds. The van der Waals surface area contributed by atoms with Crippen molar-refractivity contribution < 1.29 is 0 Å². The lowest BCUT2D eigenvalue weighted by molar-refractivity contribution is 0.370. The fraction of sp³-hybridized carbons (Fsp3) is 0.769. The molecule has 0 spiro atoms. The second-order valence-corrected chi connectivity index (χ2v) is 7.23. The summed E-state index contributed by atoms with van der Waals surface area (Å²) in [6.45, 7) is 10.8. The molecule has 1 aromatic rings. The molecule has 0 aliphatic rings. The standard InChI is InChI=1S/C13H22BrClN2/c1-9(2)17-11(10(14)8-16-17)6-7-12(15)13(3,4)5/h8-9,12H,6-7H2,1-5H3. The predicted molar refractivity (Wildman–Crippen MR) is 77.7 cm³/mol.